The third-order valence-electron chi connectivity index (χ3n) is 1.75. The maximum Gasteiger partial charge on any atom is 0.249 e. The van der Waals surface area contributed by atoms with Crippen molar-refractivity contribution in [1.29, 1.82) is 0 Å². The Morgan fingerprint density at radius 2 is 2.00 bits per heavy atom. The standard InChI is InChI=1S/C9H20N2O2/c1-7(6-11(3)4)10-9(12)8(2)13-5/h7-8H,6H2,1-5H3,(H,10,12). The van der Waals surface area contributed by atoms with E-state index in [0.717, 1.165) is 6.54 Å². The molecule has 0 aromatic carbocycles. The van der Waals surface area contributed by atoms with Gasteiger partial charge in [-0.05, 0) is 27.9 Å². The number of nitrogens with zero attached hydrogens (tertiary/aromatic N) is 1. The maximum atomic E-state index is 11.3. The van der Waals surface area contributed by atoms with Crippen molar-refractivity contribution in [2.24, 2.45) is 0 Å². The van der Waals surface area contributed by atoms with Crippen LogP contribution in [0.5, 0.6) is 0 Å². The minimum atomic E-state index is -0.371. The van der Waals surface area contributed by atoms with Crippen LogP contribution in [0.4, 0.5) is 0 Å². The van der Waals surface area contributed by atoms with Gasteiger partial charge in [0.05, 0.1) is 0 Å². The molecule has 1 N–H and O–H groups in total. The Kier molecular flexibility index (Phi) is 5.66. The summed E-state index contributed by atoms with van der Waals surface area (Å²) in [6, 6.07) is 0.153. The highest BCUT2D eigenvalue weighted by Gasteiger charge is 2.14. The van der Waals surface area contributed by atoms with Crippen LogP contribution in [0.2, 0.25) is 0 Å². The minimum Gasteiger partial charge on any atom is -0.372 e. The van der Waals surface area contributed by atoms with Gasteiger partial charge in [-0.2, -0.15) is 0 Å². The highest BCUT2D eigenvalue weighted by Crippen LogP contribution is 1.90. The number of methoxy groups -OCH3 is 1. The second kappa shape index (κ2) is 5.94. The lowest BCUT2D eigenvalue weighted by molar-refractivity contribution is -0.130. The number of hydrogen-bond donors (Lipinski definition) is 1. The van der Waals surface area contributed by atoms with Crippen LogP contribution >= 0.6 is 0 Å². The SMILES string of the molecule is COC(C)C(=O)NC(C)CN(C)C. The Labute approximate surface area is 80.2 Å². The molecule has 0 radical (unpaired) electrons. The van der Waals surface area contributed by atoms with E-state index in [1.165, 1.54) is 7.11 Å². The summed E-state index contributed by atoms with van der Waals surface area (Å²) in [7, 11) is 5.48. The number of carbonyl (C=O) groups excluding carboxylic acids is 1. The molecule has 13 heavy (non-hydrogen) atoms. The van der Waals surface area contributed by atoms with Crippen molar-refractivity contribution in [3.63, 3.8) is 0 Å². The number of hydrogen-bond acceptors (Lipinski definition) is 3. The molecule has 0 saturated heterocycles. The van der Waals surface area contributed by atoms with Gasteiger partial charge in [-0.25, -0.2) is 0 Å². The average molecular weight is 188 g/mol. The summed E-state index contributed by atoms with van der Waals surface area (Å²) in [6.45, 7) is 4.54. The Morgan fingerprint density at radius 1 is 1.46 bits per heavy atom. The van der Waals surface area contributed by atoms with Crippen LogP contribution in [0.15, 0.2) is 0 Å². The fourth-order valence-corrected chi connectivity index (χ4v) is 1.06. The molecule has 0 fully saturated rings. The maximum absolute atomic E-state index is 11.3. The van der Waals surface area contributed by atoms with E-state index in [0.29, 0.717) is 0 Å². The predicted octanol–water partition coefficient (Wildman–Crippen LogP) is 0.0876. The van der Waals surface area contributed by atoms with Gasteiger partial charge in [0.25, 0.3) is 0 Å². The molecular weight excluding hydrogens is 168 g/mol. The lowest BCUT2D eigenvalue weighted by Gasteiger charge is -2.19. The Bertz CT molecular complexity index is 160. The summed E-state index contributed by atoms with van der Waals surface area (Å²) in [5.41, 5.74) is 0. The minimum absolute atomic E-state index is 0.0585. The van der Waals surface area contributed by atoms with Crippen LogP contribution in [-0.4, -0.2) is 50.7 Å². The normalized spacial score (nSPS) is 15.5. The number of nitrogens with one attached hydrogen (secondary N) is 1. The van der Waals surface area contributed by atoms with Gasteiger partial charge in [-0.15, -0.1) is 0 Å². The van der Waals surface area contributed by atoms with Gasteiger partial charge in [0, 0.05) is 19.7 Å². The van der Waals surface area contributed by atoms with E-state index in [1.54, 1.807) is 6.92 Å². The molecule has 2 atom stereocenters. The second-order valence-electron chi connectivity index (χ2n) is 3.55. The fourth-order valence-electron chi connectivity index (χ4n) is 1.06. The summed E-state index contributed by atoms with van der Waals surface area (Å²) in [5, 5.41) is 2.86. The first-order chi connectivity index (χ1) is 5.97. The van der Waals surface area contributed by atoms with Crippen molar-refractivity contribution in [3.8, 4) is 0 Å². The predicted molar refractivity (Wildman–Crippen MR) is 52.6 cm³/mol. The van der Waals surface area contributed by atoms with E-state index in [-0.39, 0.29) is 18.1 Å². The van der Waals surface area contributed by atoms with E-state index >= 15 is 0 Å². The number of amides is 1. The molecular formula is C9H20N2O2. The van der Waals surface area contributed by atoms with Gasteiger partial charge in [0.1, 0.15) is 6.10 Å². The molecule has 0 aliphatic heterocycles. The Hall–Kier alpha value is -0.610. The molecule has 0 aromatic heterocycles. The van der Waals surface area contributed by atoms with Gasteiger partial charge in [-0.1, -0.05) is 0 Å². The molecule has 1 amide bonds. The largest absolute Gasteiger partial charge is 0.372 e. The van der Waals surface area contributed by atoms with E-state index in [2.05, 4.69) is 5.32 Å². The van der Waals surface area contributed by atoms with Gasteiger partial charge in [0.15, 0.2) is 0 Å². The van der Waals surface area contributed by atoms with Crippen LogP contribution in [-0.2, 0) is 9.53 Å². The molecule has 0 rings (SSSR count). The molecule has 2 unspecified atom stereocenters. The van der Waals surface area contributed by atoms with E-state index in [1.807, 2.05) is 25.9 Å². The van der Waals surface area contributed by atoms with E-state index in [9.17, 15) is 4.79 Å². The zero-order chi connectivity index (χ0) is 10.4. The molecule has 4 nitrogen and oxygen atoms in total. The Morgan fingerprint density at radius 3 is 2.38 bits per heavy atom. The number of rotatable bonds is 5. The highest BCUT2D eigenvalue weighted by molar-refractivity contribution is 5.80. The van der Waals surface area contributed by atoms with Crippen molar-refractivity contribution >= 4 is 5.91 Å². The lowest BCUT2D eigenvalue weighted by Crippen LogP contribution is -2.43. The summed E-state index contributed by atoms with van der Waals surface area (Å²) in [6.07, 6.45) is -0.371. The lowest BCUT2D eigenvalue weighted by atomic mass is 10.3. The van der Waals surface area contributed by atoms with Crippen molar-refractivity contribution < 1.29 is 9.53 Å². The van der Waals surface area contributed by atoms with Crippen LogP contribution < -0.4 is 5.32 Å². The van der Waals surface area contributed by atoms with Gasteiger partial charge in [0.2, 0.25) is 5.91 Å². The molecule has 0 aliphatic rings. The van der Waals surface area contributed by atoms with Crippen LogP contribution in [0.1, 0.15) is 13.8 Å². The first-order valence-electron chi connectivity index (χ1n) is 4.45. The second-order valence-corrected chi connectivity index (χ2v) is 3.55. The molecule has 0 heterocycles. The van der Waals surface area contributed by atoms with Crippen LogP contribution in [0.3, 0.4) is 0 Å². The number of ether oxygens (including phenoxy) is 1. The molecule has 0 bridgehead atoms. The van der Waals surface area contributed by atoms with Crippen LogP contribution in [0, 0.1) is 0 Å². The molecule has 0 aromatic rings. The quantitative estimate of drug-likeness (QED) is 0.664. The molecule has 0 spiro atoms. The average Bonchev–Trinajstić information content (AvgIpc) is 2.01. The first kappa shape index (κ1) is 12.4. The van der Waals surface area contributed by atoms with Crippen molar-refractivity contribution in [3.05, 3.63) is 0 Å². The van der Waals surface area contributed by atoms with Gasteiger partial charge in [-0.3, -0.25) is 4.79 Å². The summed E-state index contributed by atoms with van der Waals surface area (Å²) in [4.78, 5) is 13.3. The van der Waals surface area contributed by atoms with Crippen LogP contribution in [0.25, 0.3) is 0 Å². The highest BCUT2D eigenvalue weighted by atomic mass is 16.5. The Balaban J connectivity index is 3.77. The summed E-state index contributed by atoms with van der Waals surface area (Å²) in [5.74, 6) is -0.0585. The fraction of sp³-hybridized carbons (Fsp3) is 0.889. The zero-order valence-corrected chi connectivity index (χ0v) is 9.13. The van der Waals surface area contributed by atoms with Crippen molar-refractivity contribution in [1.82, 2.24) is 10.2 Å². The first-order valence-corrected chi connectivity index (χ1v) is 4.45. The topological polar surface area (TPSA) is 41.6 Å². The third-order valence-corrected chi connectivity index (χ3v) is 1.75. The van der Waals surface area contributed by atoms with E-state index in [4.69, 9.17) is 4.74 Å². The number of likely N-dealkylation sites (N-methyl/N-ethyl adjacent to an activating group) is 1. The third kappa shape index (κ3) is 5.60. The van der Waals surface area contributed by atoms with Crippen molar-refractivity contribution in [2.45, 2.75) is 26.0 Å². The van der Waals surface area contributed by atoms with E-state index < -0.39 is 0 Å². The zero-order valence-electron chi connectivity index (χ0n) is 9.13. The molecule has 4 heteroatoms. The molecule has 0 aliphatic carbocycles. The molecule has 0 saturated carbocycles. The summed E-state index contributed by atoms with van der Waals surface area (Å²) >= 11 is 0. The van der Waals surface area contributed by atoms with Gasteiger partial charge >= 0.3 is 0 Å². The smallest absolute Gasteiger partial charge is 0.249 e. The van der Waals surface area contributed by atoms with Crippen molar-refractivity contribution in [2.75, 3.05) is 27.7 Å². The van der Waals surface area contributed by atoms with Gasteiger partial charge < -0.3 is 15.0 Å². The number of carbonyl (C=O) groups is 1. The monoisotopic (exact) mass is 188 g/mol. The summed E-state index contributed by atoms with van der Waals surface area (Å²) < 4.78 is 4.89. The molecule has 78 valence electrons.